The van der Waals surface area contributed by atoms with Gasteiger partial charge in [0.1, 0.15) is 0 Å². The molecule has 0 unspecified atom stereocenters. The molecule has 4 N–H and O–H groups in total. The van der Waals surface area contributed by atoms with Crippen molar-refractivity contribution in [3.8, 4) is 0 Å². The fourth-order valence-corrected chi connectivity index (χ4v) is 0.826. The molecule has 0 aromatic heterocycles. The van der Waals surface area contributed by atoms with Crippen LogP contribution in [0.3, 0.4) is 0 Å². The summed E-state index contributed by atoms with van der Waals surface area (Å²) in [5.74, 6) is 4.98. The zero-order valence-electron chi connectivity index (χ0n) is 6.20. The van der Waals surface area contributed by atoms with Crippen LogP contribution in [0.2, 0.25) is 0 Å². The Kier molecular flexibility index (Phi) is 2.63. The van der Waals surface area contributed by atoms with Gasteiger partial charge in [-0.2, -0.15) is 5.10 Å². The van der Waals surface area contributed by atoms with E-state index in [1.807, 2.05) is 24.3 Å². The van der Waals surface area contributed by atoms with Crippen molar-refractivity contribution in [1.29, 1.82) is 0 Å². The smallest absolute Gasteiger partial charge is 0.0538 e. The van der Waals surface area contributed by atoms with Gasteiger partial charge in [-0.15, -0.1) is 0 Å². The van der Waals surface area contributed by atoms with Gasteiger partial charge in [0.25, 0.3) is 0 Å². The fraction of sp³-hybridized carbons (Fsp3) is 0.125. The Hall–Kier alpha value is -1.35. The summed E-state index contributed by atoms with van der Waals surface area (Å²) in [6, 6.07) is 7.77. The van der Waals surface area contributed by atoms with Gasteiger partial charge in [-0.25, -0.2) is 0 Å². The van der Waals surface area contributed by atoms with E-state index in [0.29, 0.717) is 6.54 Å². The van der Waals surface area contributed by atoms with Gasteiger partial charge in [-0.3, -0.25) is 0 Å². The number of nitrogens with zero attached hydrogens (tertiary/aromatic N) is 1. The van der Waals surface area contributed by atoms with Crippen molar-refractivity contribution in [3.63, 3.8) is 0 Å². The van der Waals surface area contributed by atoms with Gasteiger partial charge in [0.2, 0.25) is 0 Å². The van der Waals surface area contributed by atoms with E-state index in [-0.39, 0.29) is 0 Å². The van der Waals surface area contributed by atoms with Crippen LogP contribution >= 0.6 is 0 Å². The molecule has 0 aliphatic rings. The highest BCUT2D eigenvalue weighted by Crippen LogP contribution is 2.00. The Morgan fingerprint density at radius 3 is 2.36 bits per heavy atom. The quantitative estimate of drug-likeness (QED) is 0.364. The molecule has 0 amide bonds. The molecular formula is C8H11N3. The second-order valence-electron chi connectivity index (χ2n) is 2.22. The molecule has 1 rings (SSSR count). The van der Waals surface area contributed by atoms with Crippen LogP contribution in [0, 0.1) is 0 Å². The Bertz CT molecular complexity index is 238. The molecule has 0 saturated carbocycles. The van der Waals surface area contributed by atoms with Crippen molar-refractivity contribution in [3.05, 3.63) is 35.4 Å². The van der Waals surface area contributed by atoms with E-state index in [4.69, 9.17) is 11.6 Å². The Morgan fingerprint density at radius 2 is 1.91 bits per heavy atom. The van der Waals surface area contributed by atoms with Gasteiger partial charge >= 0.3 is 0 Å². The summed E-state index contributed by atoms with van der Waals surface area (Å²) in [4.78, 5) is 0. The van der Waals surface area contributed by atoms with Crippen molar-refractivity contribution in [2.45, 2.75) is 6.54 Å². The molecular weight excluding hydrogens is 138 g/mol. The standard InChI is InChI=1S/C8H11N3/c9-5-7-1-3-8(4-2-7)6-11-10/h1-4,6H,5,9-10H2/b11-6+. The molecule has 11 heavy (non-hydrogen) atoms. The minimum atomic E-state index is 0.569. The summed E-state index contributed by atoms with van der Waals surface area (Å²) in [5.41, 5.74) is 7.52. The summed E-state index contributed by atoms with van der Waals surface area (Å²) < 4.78 is 0. The summed E-state index contributed by atoms with van der Waals surface area (Å²) in [7, 11) is 0. The lowest BCUT2D eigenvalue weighted by Gasteiger charge is -1.95. The second kappa shape index (κ2) is 3.73. The average molecular weight is 149 g/mol. The van der Waals surface area contributed by atoms with Crippen molar-refractivity contribution in [2.24, 2.45) is 16.7 Å². The van der Waals surface area contributed by atoms with Crippen LogP contribution in [0.1, 0.15) is 11.1 Å². The summed E-state index contributed by atoms with van der Waals surface area (Å²) in [6.07, 6.45) is 1.60. The van der Waals surface area contributed by atoms with Crippen molar-refractivity contribution in [2.75, 3.05) is 0 Å². The Balaban J connectivity index is 2.82. The van der Waals surface area contributed by atoms with E-state index in [1.165, 1.54) is 0 Å². The lowest BCUT2D eigenvalue weighted by atomic mass is 10.1. The minimum Gasteiger partial charge on any atom is -0.326 e. The molecule has 0 radical (unpaired) electrons. The number of hydrazone groups is 1. The zero-order chi connectivity index (χ0) is 8.10. The topological polar surface area (TPSA) is 64.4 Å². The van der Waals surface area contributed by atoms with E-state index in [0.717, 1.165) is 11.1 Å². The number of hydrogen-bond acceptors (Lipinski definition) is 3. The minimum absolute atomic E-state index is 0.569. The van der Waals surface area contributed by atoms with Crippen molar-refractivity contribution >= 4 is 6.21 Å². The third-order valence-electron chi connectivity index (χ3n) is 1.44. The monoisotopic (exact) mass is 149 g/mol. The SMILES string of the molecule is NCc1ccc(/C=N/N)cc1. The summed E-state index contributed by atoms with van der Waals surface area (Å²) in [6.45, 7) is 0.569. The van der Waals surface area contributed by atoms with Gasteiger partial charge in [0.05, 0.1) is 6.21 Å². The van der Waals surface area contributed by atoms with Crippen molar-refractivity contribution < 1.29 is 0 Å². The van der Waals surface area contributed by atoms with Crippen molar-refractivity contribution in [1.82, 2.24) is 0 Å². The summed E-state index contributed by atoms with van der Waals surface area (Å²) in [5, 5.41) is 3.41. The van der Waals surface area contributed by atoms with E-state index in [9.17, 15) is 0 Å². The number of hydrogen-bond donors (Lipinski definition) is 2. The molecule has 0 aliphatic heterocycles. The molecule has 0 saturated heterocycles. The molecule has 58 valence electrons. The molecule has 0 heterocycles. The van der Waals surface area contributed by atoms with Crippen LogP contribution in [0.5, 0.6) is 0 Å². The predicted molar refractivity (Wildman–Crippen MR) is 46.1 cm³/mol. The van der Waals surface area contributed by atoms with E-state index in [1.54, 1.807) is 6.21 Å². The van der Waals surface area contributed by atoms with Gasteiger partial charge in [-0.1, -0.05) is 24.3 Å². The zero-order valence-corrected chi connectivity index (χ0v) is 6.20. The second-order valence-corrected chi connectivity index (χ2v) is 2.22. The predicted octanol–water partition coefficient (Wildman–Crippen LogP) is 0.438. The van der Waals surface area contributed by atoms with Gasteiger partial charge in [0, 0.05) is 6.54 Å². The molecule has 1 aromatic rings. The number of nitrogens with two attached hydrogens (primary N) is 2. The molecule has 0 fully saturated rings. The molecule has 3 nitrogen and oxygen atoms in total. The largest absolute Gasteiger partial charge is 0.326 e. The average Bonchev–Trinajstić information content (AvgIpc) is 2.07. The molecule has 0 atom stereocenters. The van der Waals surface area contributed by atoms with Gasteiger partial charge in [-0.05, 0) is 11.1 Å². The normalized spacial score (nSPS) is 10.6. The summed E-state index contributed by atoms with van der Waals surface area (Å²) >= 11 is 0. The molecule has 0 aliphatic carbocycles. The van der Waals surface area contributed by atoms with Crippen LogP contribution in [-0.4, -0.2) is 6.21 Å². The van der Waals surface area contributed by atoms with Crippen LogP contribution in [0.4, 0.5) is 0 Å². The van der Waals surface area contributed by atoms with Gasteiger partial charge < -0.3 is 11.6 Å². The first-order valence-electron chi connectivity index (χ1n) is 3.39. The first-order chi connectivity index (χ1) is 5.36. The molecule has 0 bridgehead atoms. The lowest BCUT2D eigenvalue weighted by molar-refractivity contribution is 1.07. The van der Waals surface area contributed by atoms with Gasteiger partial charge in [0.15, 0.2) is 0 Å². The highest BCUT2D eigenvalue weighted by atomic mass is 15.1. The Labute approximate surface area is 65.7 Å². The maximum atomic E-state index is 5.42. The first kappa shape index (κ1) is 7.75. The van der Waals surface area contributed by atoms with Crippen LogP contribution in [0.25, 0.3) is 0 Å². The molecule has 1 aromatic carbocycles. The highest BCUT2D eigenvalue weighted by molar-refractivity contribution is 5.79. The Morgan fingerprint density at radius 1 is 1.27 bits per heavy atom. The van der Waals surface area contributed by atoms with E-state index in [2.05, 4.69) is 5.10 Å². The fourth-order valence-electron chi connectivity index (χ4n) is 0.826. The molecule has 3 heteroatoms. The van der Waals surface area contributed by atoms with E-state index >= 15 is 0 Å². The highest BCUT2D eigenvalue weighted by Gasteiger charge is 1.88. The lowest BCUT2D eigenvalue weighted by Crippen LogP contribution is -1.96. The van der Waals surface area contributed by atoms with Crippen LogP contribution in [0.15, 0.2) is 29.4 Å². The first-order valence-corrected chi connectivity index (χ1v) is 3.39. The number of rotatable bonds is 2. The number of benzene rings is 1. The van der Waals surface area contributed by atoms with Crippen LogP contribution in [-0.2, 0) is 6.54 Å². The third kappa shape index (κ3) is 2.05. The molecule has 0 spiro atoms. The third-order valence-corrected chi connectivity index (χ3v) is 1.44. The maximum absolute atomic E-state index is 5.42. The van der Waals surface area contributed by atoms with Crippen LogP contribution < -0.4 is 11.6 Å². The maximum Gasteiger partial charge on any atom is 0.0538 e. The van der Waals surface area contributed by atoms with E-state index < -0.39 is 0 Å².